The Hall–Kier alpha value is -2.74. The van der Waals surface area contributed by atoms with Gasteiger partial charge in [0.1, 0.15) is 11.5 Å². The van der Waals surface area contributed by atoms with Gasteiger partial charge in [-0.3, -0.25) is 0 Å². The number of anilines is 1. The summed E-state index contributed by atoms with van der Waals surface area (Å²) >= 11 is 0. The van der Waals surface area contributed by atoms with Crippen molar-refractivity contribution in [2.45, 2.75) is 32.9 Å². The largest absolute Gasteiger partial charge is 0.497 e. The summed E-state index contributed by atoms with van der Waals surface area (Å²) in [5.41, 5.74) is 1.40. The van der Waals surface area contributed by atoms with Gasteiger partial charge < -0.3 is 19.1 Å². The molecular weight excluding hydrogens is 380 g/mol. The van der Waals surface area contributed by atoms with Gasteiger partial charge in [-0.1, -0.05) is 25.1 Å². The number of nitrogens with zero attached hydrogens (tertiary/aromatic N) is 1. The number of rotatable bonds is 8. The Morgan fingerprint density at radius 1 is 1.14 bits per heavy atom. The van der Waals surface area contributed by atoms with Crippen LogP contribution in [0.3, 0.4) is 0 Å². The lowest BCUT2D eigenvalue weighted by molar-refractivity contribution is 0.187. The lowest BCUT2D eigenvalue weighted by Crippen LogP contribution is -2.40. The predicted octanol–water partition coefficient (Wildman–Crippen LogP) is 3.87. The van der Waals surface area contributed by atoms with E-state index in [1.54, 1.807) is 54.5 Å². The molecule has 0 aliphatic carbocycles. The van der Waals surface area contributed by atoms with E-state index in [1.165, 1.54) is 0 Å². The number of methoxy groups -OCH3 is 1. The number of amides is 2. The molecule has 1 N–H and O–H groups in total. The van der Waals surface area contributed by atoms with E-state index in [-0.39, 0.29) is 17.8 Å². The van der Waals surface area contributed by atoms with Crippen molar-refractivity contribution in [2.75, 3.05) is 18.7 Å². The molecule has 0 radical (unpaired) electrons. The molecule has 152 valence electrons. The van der Waals surface area contributed by atoms with Crippen molar-refractivity contribution in [2.24, 2.45) is 0 Å². The number of hydrogen-bond donors (Lipinski definition) is 1. The molecule has 0 aromatic heterocycles. The Morgan fingerprint density at radius 3 is 2.46 bits per heavy atom. The molecule has 2 rings (SSSR count). The normalized spacial score (nSPS) is 12.1. The Labute approximate surface area is 166 Å². The van der Waals surface area contributed by atoms with E-state index in [4.69, 9.17) is 8.92 Å². The minimum absolute atomic E-state index is 0.0231. The monoisotopic (exact) mass is 406 g/mol. The summed E-state index contributed by atoms with van der Waals surface area (Å²) < 4.78 is 32.8. The van der Waals surface area contributed by atoms with E-state index >= 15 is 0 Å². The van der Waals surface area contributed by atoms with Crippen LogP contribution in [0.25, 0.3) is 0 Å². The van der Waals surface area contributed by atoms with Gasteiger partial charge in [-0.2, -0.15) is 8.42 Å². The van der Waals surface area contributed by atoms with Gasteiger partial charge in [0.15, 0.2) is 0 Å². The average molecular weight is 407 g/mol. The quantitative estimate of drug-likeness (QED) is 0.673. The van der Waals surface area contributed by atoms with Gasteiger partial charge in [0, 0.05) is 24.3 Å². The lowest BCUT2D eigenvalue weighted by atomic mass is 10.1. The second kappa shape index (κ2) is 9.45. The molecule has 0 saturated carbocycles. The summed E-state index contributed by atoms with van der Waals surface area (Å²) in [6.45, 7) is 4.27. The zero-order valence-corrected chi connectivity index (χ0v) is 17.3. The molecule has 28 heavy (non-hydrogen) atoms. The van der Waals surface area contributed by atoms with Crippen molar-refractivity contribution in [1.82, 2.24) is 4.90 Å². The number of benzene rings is 2. The minimum Gasteiger partial charge on any atom is -0.497 e. The highest BCUT2D eigenvalue weighted by Crippen LogP contribution is 2.21. The van der Waals surface area contributed by atoms with E-state index in [0.29, 0.717) is 18.0 Å². The number of hydrogen-bond acceptors (Lipinski definition) is 5. The molecule has 0 spiro atoms. The molecule has 1 atom stereocenters. The third-order valence-corrected chi connectivity index (χ3v) is 4.70. The third kappa shape index (κ3) is 6.45. The first-order valence-corrected chi connectivity index (χ1v) is 10.7. The maximum Gasteiger partial charge on any atom is 0.322 e. The van der Waals surface area contributed by atoms with Crippen LogP contribution >= 0.6 is 0 Å². The second-order valence-electron chi connectivity index (χ2n) is 6.48. The number of ether oxygens (including phenoxy) is 1. The third-order valence-electron chi connectivity index (χ3n) is 4.20. The fraction of sp³-hybridized carbons (Fsp3) is 0.350. The van der Waals surface area contributed by atoms with E-state index in [9.17, 15) is 13.2 Å². The zero-order chi connectivity index (χ0) is 20.7. The standard InChI is InChI=1S/C20H26N2O5S/c1-5-15(2)22(20(23)21-17-9-7-10-18(13-17)26-3)14-16-8-6-11-19(12-16)27-28(4,24)25/h6-13,15H,5,14H2,1-4H3,(H,21,23)/t15-/m1/s1. The second-order valence-corrected chi connectivity index (χ2v) is 8.06. The van der Waals surface area contributed by atoms with Crippen LogP contribution in [-0.4, -0.2) is 38.8 Å². The SMILES string of the molecule is CC[C@@H](C)N(Cc1cccc(OS(C)(=O)=O)c1)C(=O)Nc1cccc(OC)c1. The molecule has 0 fully saturated rings. The van der Waals surface area contributed by atoms with Gasteiger partial charge in [-0.15, -0.1) is 0 Å². The van der Waals surface area contributed by atoms with E-state index in [1.807, 2.05) is 19.9 Å². The van der Waals surface area contributed by atoms with Gasteiger partial charge >= 0.3 is 16.1 Å². The van der Waals surface area contributed by atoms with E-state index < -0.39 is 10.1 Å². The molecule has 8 heteroatoms. The minimum atomic E-state index is -3.61. The molecule has 7 nitrogen and oxygen atoms in total. The smallest absolute Gasteiger partial charge is 0.322 e. The summed E-state index contributed by atoms with van der Waals surface area (Å²) in [6, 6.07) is 13.6. The van der Waals surface area contributed by atoms with Crippen LogP contribution in [0.2, 0.25) is 0 Å². The molecular formula is C20H26N2O5S. The molecule has 0 bridgehead atoms. The number of urea groups is 1. The zero-order valence-electron chi connectivity index (χ0n) is 16.5. The van der Waals surface area contributed by atoms with Crippen LogP contribution in [-0.2, 0) is 16.7 Å². The van der Waals surface area contributed by atoms with Crippen LogP contribution in [0, 0.1) is 0 Å². The molecule has 0 saturated heterocycles. The Morgan fingerprint density at radius 2 is 1.82 bits per heavy atom. The Bertz CT molecular complexity index is 914. The Balaban J connectivity index is 2.19. The molecule has 0 aliphatic rings. The summed E-state index contributed by atoms with van der Waals surface area (Å²) in [5, 5.41) is 2.88. The van der Waals surface area contributed by atoms with Crippen LogP contribution in [0.15, 0.2) is 48.5 Å². The van der Waals surface area contributed by atoms with E-state index in [2.05, 4.69) is 5.32 Å². The summed E-state index contributed by atoms with van der Waals surface area (Å²) in [6.07, 6.45) is 1.76. The van der Waals surface area contributed by atoms with Gasteiger partial charge in [0.05, 0.1) is 13.4 Å². The molecule has 0 heterocycles. The molecule has 2 aromatic rings. The first-order chi connectivity index (χ1) is 13.2. The predicted molar refractivity (Wildman–Crippen MR) is 109 cm³/mol. The number of nitrogens with one attached hydrogen (secondary N) is 1. The number of carbonyl (C=O) groups excluding carboxylic acids is 1. The lowest BCUT2D eigenvalue weighted by Gasteiger charge is -2.29. The first-order valence-electron chi connectivity index (χ1n) is 8.92. The van der Waals surface area contributed by atoms with Crippen molar-refractivity contribution in [3.8, 4) is 11.5 Å². The maximum absolute atomic E-state index is 12.9. The van der Waals surface area contributed by atoms with Crippen molar-refractivity contribution in [3.63, 3.8) is 0 Å². The van der Waals surface area contributed by atoms with E-state index in [0.717, 1.165) is 18.2 Å². The number of carbonyl (C=O) groups is 1. The molecule has 2 amide bonds. The van der Waals surface area contributed by atoms with Crippen LogP contribution in [0.4, 0.5) is 10.5 Å². The molecule has 2 aromatic carbocycles. The van der Waals surface area contributed by atoms with Gasteiger partial charge in [0.25, 0.3) is 0 Å². The van der Waals surface area contributed by atoms with Crippen molar-refractivity contribution >= 4 is 21.8 Å². The van der Waals surface area contributed by atoms with Crippen molar-refractivity contribution < 1.29 is 22.1 Å². The van der Waals surface area contributed by atoms with Crippen molar-refractivity contribution in [1.29, 1.82) is 0 Å². The van der Waals surface area contributed by atoms with Crippen LogP contribution in [0.5, 0.6) is 11.5 Å². The van der Waals surface area contributed by atoms with Crippen LogP contribution < -0.4 is 14.2 Å². The van der Waals surface area contributed by atoms with Crippen LogP contribution in [0.1, 0.15) is 25.8 Å². The summed E-state index contributed by atoms with van der Waals surface area (Å²) in [4.78, 5) is 14.6. The first kappa shape index (κ1) is 21.6. The van der Waals surface area contributed by atoms with Gasteiger partial charge in [-0.05, 0) is 43.2 Å². The van der Waals surface area contributed by atoms with Gasteiger partial charge in [-0.25, -0.2) is 4.79 Å². The highest BCUT2D eigenvalue weighted by atomic mass is 32.2. The highest BCUT2D eigenvalue weighted by Gasteiger charge is 2.20. The summed E-state index contributed by atoms with van der Waals surface area (Å²) in [5.74, 6) is 0.871. The maximum atomic E-state index is 12.9. The van der Waals surface area contributed by atoms with Crippen molar-refractivity contribution in [3.05, 3.63) is 54.1 Å². The fourth-order valence-electron chi connectivity index (χ4n) is 2.61. The molecule has 0 aliphatic heterocycles. The van der Waals surface area contributed by atoms with Gasteiger partial charge in [0.2, 0.25) is 0 Å². The summed E-state index contributed by atoms with van der Waals surface area (Å²) in [7, 11) is -2.04. The molecule has 0 unspecified atom stereocenters. The Kier molecular flexibility index (Phi) is 7.28. The average Bonchev–Trinajstić information content (AvgIpc) is 2.64. The fourth-order valence-corrected chi connectivity index (χ4v) is 3.06. The topological polar surface area (TPSA) is 84.9 Å². The highest BCUT2D eigenvalue weighted by molar-refractivity contribution is 7.86.